The fourth-order valence-corrected chi connectivity index (χ4v) is 3.51. The van der Waals surface area contributed by atoms with E-state index in [1.165, 1.54) is 23.5 Å². The van der Waals surface area contributed by atoms with Crippen molar-refractivity contribution in [3.8, 4) is 22.5 Å². The van der Waals surface area contributed by atoms with Gasteiger partial charge < -0.3 is 15.4 Å². The fourth-order valence-electron chi connectivity index (χ4n) is 2.77. The van der Waals surface area contributed by atoms with Crippen LogP contribution in [0.3, 0.4) is 0 Å². The molecule has 0 atom stereocenters. The van der Waals surface area contributed by atoms with E-state index in [1.54, 1.807) is 18.3 Å². The second-order valence-corrected chi connectivity index (χ2v) is 7.00. The van der Waals surface area contributed by atoms with Crippen LogP contribution in [-0.4, -0.2) is 39.6 Å². The van der Waals surface area contributed by atoms with Gasteiger partial charge in [-0.25, -0.2) is 14.4 Å². The predicted octanol–water partition coefficient (Wildman–Crippen LogP) is 5.27. The second-order valence-electron chi connectivity index (χ2n) is 6.15. The summed E-state index contributed by atoms with van der Waals surface area (Å²) < 4.78 is 13.1. The predicted molar refractivity (Wildman–Crippen MR) is 125 cm³/mol. The number of hydrogen-bond donors (Lipinski definition) is 3. The lowest BCUT2D eigenvalue weighted by Crippen LogP contribution is -2.23. The number of carbonyl (C=O) groups excluding carboxylic acids is 1. The number of thiazole rings is 1. The highest BCUT2D eigenvalue weighted by Crippen LogP contribution is 2.28. The Kier molecular flexibility index (Phi) is 9.30. The normalized spacial score (nSPS) is 10.0. The average Bonchev–Trinajstić information content (AvgIpc) is 3.47. The summed E-state index contributed by atoms with van der Waals surface area (Å²) in [7, 11) is 1.00. The van der Waals surface area contributed by atoms with Gasteiger partial charge in [0, 0.05) is 41.9 Å². The number of aliphatic hydroxyl groups excluding tert-OH is 1. The van der Waals surface area contributed by atoms with Crippen LogP contribution in [0.1, 0.15) is 37.0 Å². The molecule has 4 rings (SSSR count). The SMILES string of the molecule is CC.CCCNC(=O)c1nc(-c2cnc3[nH]c(-c4ccc(F)cc4)cc3c2)cs1.CO. The molecule has 6 nitrogen and oxygen atoms in total. The standard InChI is InChI=1S/C20H17FN4OS.C2H6.CH4O/c1-2-7-22-19(26)20-25-17(11-27-20)14-8-13-9-16(24-18(13)23-10-14)12-3-5-15(21)6-4-12;2*1-2/h3-6,8-11H,2,7H2,1H3,(H,22,26)(H,23,24);1-2H3;2H,1H3. The third-order valence-corrected chi connectivity index (χ3v) is 5.00. The highest BCUT2D eigenvalue weighted by atomic mass is 32.1. The van der Waals surface area contributed by atoms with Gasteiger partial charge in [0.1, 0.15) is 11.5 Å². The lowest BCUT2D eigenvalue weighted by Gasteiger charge is -1.99. The van der Waals surface area contributed by atoms with Crippen molar-refractivity contribution in [3.63, 3.8) is 0 Å². The molecule has 3 aromatic heterocycles. The number of nitrogens with zero attached hydrogens (tertiary/aromatic N) is 2. The van der Waals surface area contributed by atoms with Crippen LogP contribution >= 0.6 is 11.3 Å². The molecule has 0 unspecified atom stereocenters. The van der Waals surface area contributed by atoms with Crippen LogP contribution in [0.5, 0.6) is 0 Å². The minimum atomic E-state index is -0.266. The Labute approximate surface area is 185 Å². The second kappa shape index (κ2) is 11.9. The molecular weight excluding hydrogens is 415 g/mol. The number of fused-ring (bicyclic) bond motifs is 1. The van der Waals surface area contributed by atoms with Crippen molar-refractivity contribution in [2.75, 3.05) is 13.7 Å². The number of amides is 1. The maximum atomic E-state index is 13.1. The number of hydrogen-bond acceptors (Lipinski definition) is 5. The van der Waals surface area contributed by atoms with Crippen LogP contribution < -0.4 is 5.32 Å². The molecule has 0 fully saturated rings. The van der Waals surface area contributed by atoms with E-state index in [0.29, 0.717) is 11.6 Å². The Balaban J connectivity index is 0.000000807. The lowest BCUT2D eigenvalue weighted by molar-refractivity contribution is 0.0953. The molecule has 0 spiro atoms. The quantitative estimate of drug-likeness (QED) is 0.393. The molecule has 164 valence electrons. The summed E-state index contributed by atoms with van der Waals surface area (Å²) in [6, 6.07) is 10.3. The number of benzene rings is 1. The van der Waals surface area contributed by atoms with E-state index in [4.69, 9.17) is 5.11 Å². The van der Waals surface area contributed by atoms with Gasteiger partial charge in [-0.3, -0.25) is 4.79 Å². The summed E-state index contributed by atoms with van der Waals surface area (Å²) >= 11 is 1.32. The van der Waals surface area contributed by atoms with Crippen LogP contribution in [0.25, 0.3) is 33.5 Å². The van der Waals surface area contributed by atoms with E-state index in [1.807, 2.05) is 38.3 Å². The van der Waals surface area contributed by atoms with Crippen LogP contribution in [0, 0.1) is 5.82 Å². The van der Waals surface area contributed by atoms with Crippen molar-refractivity contribution < 1.29 is 14.3 Å². The van der Waals surface area contributed by atoms with E-state index in [9.17, 15) is 9.18 Å². The van der Waals surface area contributed by atoms with Crippen molar-refractivity contribution in [2.24, 2.45) is 0 Å². The summed E-state index contributed by atoms with van der Waals surface area (Å²) in [6.45, 7) is 6.64. The number of aromatic amines is 1. The number of nitrogens with one attached hydrogen (secondary N) is 2. The zero-order valence-electron chi connectivity index (χ0n) is 18.1. The molecular formula is C23H27FN4O2S. The van der Waals surface area contributed by atoms with E-state index in [2.05, 4.69) is 20.3 Å². The van der Waals surface area contributed by atoms with E-state index < -0.39 is 0 Å². The maximum absolute atomic E-state index is 13.1. The third-order valence-electron chi connectivity index (χ3n) is 4.16. The molecule has 0 aliphatic heterocycles. The van der Waals surface area contributed by atoms with Crippen molar-refractivity contribution in [1.29, 1.82) is 0 Å². The molecule has 0 saturated heterocycles. The van der Waals surface area contributed by atoms with Crippen LogP contribution in [0.4, 0.5) is 4.39 Å². The molecule has 0 saturated carbocycles. The van der Waals surface area contributed by atoms with Gasteiger partial charge in [-0.2, -0.15) is 0 Å². The third kappa shape index (κ3) is 5.96. The van der Waals surface area contributed by atoms with Gasteiger partial charge >= 0.3 is 0 Å². The topological polar surface area (TPSA) is 90.9 Å². The van der Waals surface area contributed by atoms with Gasteiger partial charge in [-0.15, -0.1) is 11.3 Å². The first-order chi connectivity index (χ1) is 15.1. The van der Waals surface area contributed by atoms with Crippen molar-refractivity contribution in [2.45, 2.75) is 27.2 Å². The van der Waals surface area contributed by atoms with Crippen molar-refractivity contribution >= 4 is 28.3 Å². The smallest absolute Gasteiger partial charge is 0.280 e. The monoisotopic (exact) mass is 442 g/mol. The molecule has 4 aromatic rings. The Morgan fingerprint density at radius 2 is 1.87 bits per heavy atom. The van der Waals surface area contributed by atoms with E-state index in [-0.39, 0.29) is 11.7 Å². The first-order valence-corrected chi connectivity index (χ1v) is 11.0. The Morgan fingerprint density at radius 1 is 1.16 bits per heavy atom. The Bertz CT molecular complexity index is 1110. The van der Waals surface area contributed by atoms with Gasteiger partial charge in [0.2, 0.25) is 0 Å². The summed E-state index contributed by atoms with van der Waals surface area (Å²) in [4.78, 5) is 24.2. The molecule has 8 heteroatoms. The molecule has 0 aliphatic rings. The number of pyridine rings is 1. The summed E-state index contributed by atoms with van der Waals surface area (Å²) in [5, 5.41) is 13.1. The lowest BCUT2D eigenvalue weighted by atomic mass is 10.1. The number of rotatable bonds is 5. The van der Waals surface area contributed by atoms with Crippen LogP contribution in [-0.2, 0) is 0 Å². The first-order valence-electron chi connectivity index (χ1n) is 10.1. The van der Waals surface area contributed by atoms with E-state index >= 15 is 0 Å². The zero-order valence-corrected chi connectivity index (χ0v) is 18.9. The fraction of sp³-hybridized carbons (Fsp3) is 0.261. The number of H-pyrrole nitrogens is 1. The number of aliphatic hydroxyl groups is 1. The molecule has 3 N–H and O–H groups in total. The van der Waals surface area contributed by atoms with E-state index in [0.717, 1.165) is 47.1 Å². The zero-order chi connectivity index (χ0) is 22.8. The van der Waals surface area contributed by atoms with Crippen LogP contribution in [0.15, 0.2) is 48.0 Å². The summed E-state index contributed by atoms with van der Waals surface area (Å²) in [5.41, 5.74) is 4.07. The average molecular weight is 443 g/mol. The highest BCUT2D eigenvalue weighted by molar-refractivity contribution is 7.12. The maximum Gasteiger partial charge on any atom is 0.280 e. The largest absolute Gasteiger partial charge is 0.400 e. The summed E-state index contributed by atoms with van der Waals surface area (Å²) in [5.74, 6) is -0.417. The van der Waals surface area contributed by atoms with Gasteiger partial charge in [-0.05, 0) is 48.4 Å². The minimum absolute atomic E-state index is 0.151. The summed E-state index contributed by atoms with van der Waals surface area (Å²) in [6.07, 6.45) is 2.62. The first kappa shape index (κ1) is 24.2. The Hall–Kier alpha value is -3.10. The number of halogens is 1. The van der Waals surface area contributed by atoms with Gasteiger partial charge in [0.15, 0.2) is 5.01 Å². The van der Waals surface area contributed by atoms with Gasteiger partial charge in [0.25, 0.3) is 5.91 Å². The minimum Gasteiger partial charge on any atom is -0.400 e. The molecule has 3 heterocycles. The van der Waals surface area contributed by atoms with Gasteiger partial charge in [-0.1, -0.05) is 20.8 Å². The van der Waals surface area contributed by atoms with Crippen LogP contribution in [0.2, 0.25) is 0 Å². The molecule has 0 aliphatic carbocycles. The number of carbonyl (C=O) groups is 1. The molecule has 1 amide bonds. The molecule has 0 bridgehead atoms. The molecule has 31 heavy (non-hydrogen) atoms. The van der Waals surface area contributed by atoms with Gasteiger partial charge in [0.05, 0.1) is 5.69 Å². The highest BCUT2D eigenvalue weighted by Gasteiger charge is 2.13. The Morgan fingerprint density at radius 3 is 2.55 bits per heavy atom. The van der Waals surface area contributed by atoms with Crippen molar-refractivity contribution in [1.82, 2.24) is 20.3 Å². The molecule has 0 radical (unpaired) electrons. The van der Waals surface area contributed by atoms with Crippen molar-refractivity contribution in [3.05, 3.63) is 58.8 Å². The molecule has 1 aromatic carbocycles. The number of aromatic nitrogens is 3.